The molecule has 1 saturated heterocycles. The Morgan fingerprint density at radius 2 is 0.881 bits per heavy atom. The predicted molar refractivity (Wildman–Crippen MR) is 216 cm³/mol. The summed E-state index contributed by atoms with van der Waals surface area (Å²) >= 11 is 4.67. The lowest BCUT2D eigenvalue weighted by Gasteiger charge is -2.44. The third kappa shape index (κ3) is 11.6. The first-order valence-electron chi connectivity index (χ1n) is 19.1. The molecule has 4 aromatic carbocycles. The molecule has 67 heavy (non-hydrogen) atoms. The molecule has 1 aliphatic rings. The summed E-state index contributed by atoms with van der Waals surface area (Å²) < 4.78 is 202. The smallest absolute Gasteiger partial charge is 0.393 e. The van der Waals surface area contributed by atoms with Crippen LogP contribution in [0.2, 0.25) is 0 Å². The number of hydrogen-bond acceptors (Lipinski definition) is 10. The van der Waals surface area contributed by atoms with Crippen LogP contribution in [0.3, 0.4) is 0 Å². The van der Waals surface area contributed by atoms with E-state index in [1.165, 1.54) is 115 Å². The molecule has 4 aromatic rings. The second kappa shape index (κ2) is 21.0. The Balaban J connectivity index is 1.54. The zero-order valence-electron chi connectivity index (χ0n) is 33.5. The molecule has 1 aliphatic heterocycles. The molecule has 10 nitrogen and oxygen atoms in total. The first kappa shape index (κ1) is 52.8. The SMILES string of the molecule is O=C(OC[C@H]1OC(OCC(I)CC(F)(F)C(F)(F)C(F)(F)C(F)(F)C(F)(F)C(F)(F)Cl)[C@H](OC(=O)c2ccccc2)[C@@H](OC(=O)c2ccccc2)[C@@H]1OC(=O)c1ccccc1)c1ccccc1. The monoisotopic (exact) mass is 1100 g/mol. The molecule has 362 valence electrons. The zero-order chi connectivity index (χ0) is 49.6. The highest BCUT2D eigenvalue weighted by Gasteiger charge is 2.90. The number of benzene rings is 4. The van der Waals surface area contributed by atoms with Gasteiger partial charge in [0.25, 0.3) is 0 Å². The maximum atomic E-state index is 15.1. The van der Waals surface area contributed by atoms with E-state index in [2.05, 4.69) is 11.6 Å². The standard InChI is InChI=1S/C43H32ClF12IO10/c44-43(55,56)42(53,54)41(51,52)40(49,50)39(47,48)38(45,46)21-28(57)22-63-37-32(67-36(61)27-19-11-4-12-20-27)31(66-35(60)26-17-9-3-10-18-26)30(65-34(59)25-15-7-2-8-16-25)29(64-37)23-62-33(58)24-13-5-1-6-14-24/h1-20,28-32,37H,21-23H2/t28?,29-,30-,31+,32-,37?/m1/s1. The minimum Gasteiger partial charge on any atom is -0.459 e. The van der Waals surface area contributed by atoms with Crippen LogP contribution in [0.25, 0.3) is 0 Å². The number of carbonyl (C=O) groups excluding carboxylic acids is 4. The minimum atomic E-state index is -7.89. The van der Waals surface area contributed by atoms with Crippen molar-refractivity contribution < 1.29 is 100 Å². The summed E-state index contributed by atoms with van der Waals surface area (Å²) in [6.07, 6.45) is -13.0. The van der Waals surface area contributed by atoms with Gasteiger partial charge in [0.15, 0.2) is 24.6 Å². The molecule has 2 unspecified atom stereocenters. The fourth-order valence-electron chi connectivity index (χ4n) is 6.13. The molecule has 0 saturated carbocycles. The molecule has 0 bridgehead atoms. The second-order valence-corrected chi connectivity index (χ2v) is 16.6. The molecule has 0 amide bonds. The van der Waals surface area contributed by atoms with Gasteiger partial charge in [-0.25, -0.2) is 19.2 Å². The van der Waals surface area contributed by atoms with E-state index < -0.39 is 113 Å². The molecular weight excluding hydrogens is 1070 g/mol. The Kier molecular flexibility index (Phi) is 16.6. The fraction of sp³-hybridized carbons (Fsp3) is 0.349. The lowest BCUT2D eigenvalue weighted by atomic mass is 9.92. The van der Waals surface area contributed by atoms with Crippen LogP contribution in [0, 0.1) is 0 Å². The molecule has 24 heteroatoms. The van der Waals surface area contributed by atoms with E-state index >= 15 is 8.78 Å². The number of halogens is 14. The van der Waals surface area contributed by atoms with Crippen LogP contribution in [0.4, 0.5) is 52.7 Å². The molecule has 0 N–H and O–H groups in total. The van der Waals surface area contributed by atoms with Crippen molar-refractivity contribution in [2.24, 2.45) is 0 Å². The lowest BCUT2D eigenvalue weighted by Crippen LogP contribution is -2.70. The van der Waals surface area contributed by atoms with Gasteiger partial charge in [-0.15, -0.1) is 0 Å². The van der Waals surface area contributed by atoms with E-state index in [1.54, 1.807) is 6.07 Å². The number of alkyl halides is 14. The summed E-state index contributed by atoms with van der Waals surface area (Å²) in [4.78, 5) is 54.1. The molecule has 0 aromatic heterocycles. The lowest BCUT2D eigenvalue weighted by molar-refractivity contribution is -0.417. The van der Waals surface area contributed by atoms with Crippen molar-refractivity contribution in [1.82, 2.24) is 0 Å². The van der Waals surface area contributed by atoms with Crippen LogP contribution in [-0.4, -0.2) is 107 Å². The van der Waals surface area contributed by atoms with Crippen LogP contribution in [0.1, 0.15) is 47.9 Å². The Morgan fingerprint density at radius 1 is 0.522 bits per heavy atom. The predicted octanol–water partition coefficient (Wildman–Crippen LogP) is 10.5. The van der Waals surface area contributed by atoms with Gasteiger partial charge in [-0.3, -0.25) is 0 Å². The summed E-state index contributed by atoms with van der Waals surface area (Å²) in [6.45, 7) is -2.34. The number of carbonyl (C=O) groups is 4. The first-order valence-corrected chi connectivity index (χ1v) is 20.7. The molecule has 5 rings (SSSR count). The van der Waals surface area contributed by atoms with E-state index in [9.17, 15) is 63.1 Å². The number of rotatable bonds is 19. The maximum Gasteiger partial charge on any atom is 0.393 e. The summed E-state index contributed by atoms with van der Waals surface area (Å²) in [5.74, 6) is -41.8. The third-order valence-corrected chi connectivity index (χ3v) is 10.7. The van der Waals surface area contributed by atoms with Crippen LogP contribution >= 0.6 is 34.2 Å². The average molecular weight is 1100 g/mol. The number of ether oxygens (including phenoxy) is 6. The maximum absolute atomic E-state index is 15.1. The van der Waals surface area contributed by atoms with Crippen LogP contribution in [0.15, 0.2) is 121 Å². The van der Waals surface area contributed by atoms with Crippen molar-refractivity contribution in [3.63, 3.8) is 0 Å². The van der Waals surface area contributed by atoms with Crippen LogP contribution in [-0.2, 0) is 28.4 Å². The van der Waals surface area contributed by atoms with Crippen LogP contribution < -0.4 is 0 Å². The van der Waals surface area contributed by atoms with Gasteiger partial charge in [-0.2, -0.15) is 52.7 Å². The molecular formula is C43H32ClF12IO10. The van der Waals surface area contributed by atoms with Crippen molar-refractivity contribution in [1.29, 1.82) is 0 Å². The molecule has 0 aliphatic carbocycles. The highest BCUT2D eigenvalue weighted by atomic mass is 127. The highest BCUT2D eigenvalue weighted by molar-refractivity contribution is 14.1. The molecule has 0 radical (unpaired) electrons. The van der Waals surface area contributed by atoms with Gasteiger partial charge in [-0.05, 0) is 60.1 Å². The van der Waals surface area contributed by atoms with Crippen LogP contribution in [0.5, 0.6) is 0 Å². The Bertz CT molecular complexity index is 2320. The number of hydrogen-bond donors (Lipinski definition) is 0. The summed E-state index contributed by atoms with van der Waals surface area (Å²) in [5.41, 5.74) is -0.499. The average Bonchev–Trinajstić information content (AvgIpc) is 3.29. The highest BCUT2D eigenvalue weighted by Crippen LogP contribution is 2.61. The van der Waals surface area contributed by atoms with E-state index in [-0.39, 0.29) is 22.3 Å². The van der Waals surface area contributed by atoms with Crippen molar-refractivity contribution in [3.8, 4) is 0 Å². The van der Waals surface area contributed by atoms with E-state index in [1.807, 2.05) is 0 Å². The van der Waals surface area contributed by atoms with Crippen molar-refractivity contribution >= 4 is 58.1 Å². The van der Waals surface area contributed by atoms with Gasteiger partial charge in [-0.1, -0.05) is 95.4 Å². The van der Waals surface area contributed by atoms with Gasteiger partial charge in [0.05, 0.1) is 28.9 Å². The quantitative estimate of drug-likeness (QED) is 0.0295. The van der Waals surface area contributed by atoms with E-state index in [0.29, 0.717) is 0 Å². The minimum absolute atomic E-state index is 0.0282. The van der Waals surface area contributed by atoms with E-state index in [4.69, 9.17) is 28.4 Å². The Labute approximate surface area is 389 Å². The van der Waals surface area contributed by atoms with Crippen molar-refractivity contribution in [2.75, 3.05) is 13.2 Å². The van der Waals surface area contributed by atoms with Gasteiger partial charge in [0, 0.05) is 10.3 Å². The molecule has 1 fully saturated rings. The normalized spacial score (nSPS) is 20.0. The van der Waals surface area contributed by atoms with Crippen molar-refractivity contribution in [3.05, 3.63) is 144 Å². The third-order valence-electron chi connectivity index (χ3n) is 9.65. The summed E-state index contributed by atoms with van der Waals surface area (Å²) in [7, 11) is 0. The topological polar surface area (TPSA) is 124 Å². The van der Waals surface area contributed by atoms with Gasteiger partial charge >= 0.3 is 58.9 Å². The van der Waals surface area contributed by atoms with Gasteiger partial charge in [0.2, 0.25) is 0 Å². The van der Waals surface area contributed by atoms with Gasteiger partial charge in [0.1, 0.15) is 12.7 Å². The van der Waals surface area contributed by atoms with Crippen molar-refractivity contribution in [2.45, 2.75) is 76.0 Å². The molecule has 1 heterocycles. The number of esters is 4. The van der Waals surface area contributed by atoms with Gasteiger partial charge < -0.3 is 28.4 Å². The zero-order valence-corrected chi connectivity index (χ0v) is 36.4. The largest absolute Gasteiger partial charge is 0.459 e. The van der Waals surface area contributed by atoms with E-state index in [0.717, 1.165) is 22.6 Å². The second-order valence-electron chi connectivity index (χ2n) is 14.3. The molecule has 0 spiro atoms. The summed E-state index contributed by atoms with van der Waals surface area (Å²) in [6, 6.07) is 27.8. The Morgan fingerprint density at radius 3 is 1.28 bits per heavy atom. The fourth-order valence-corrected chi connectivity index (χ4v) is 7.01. The molecule has 6 atom stereocenters. The Hall–Kier alpha value is -5.14. The summed E-state index contributed by atoms with van der Waals surface area (Å²) in [5, 5.41) is -6.63. The first-order chi connectivity index (χ1) is 31.2.